The zero-order chi connectivity index (χ0) is 9.56. The molecule has 0 radical (unpaired) electrons. The highest BCUT2D eigenvalue weighted by atomic mass is 16.2. The first kappa shape index (κ1) is 11.4. The lowest BCUT2D eigenvalue weighted by Crippen LogP contribution is -2.40. The van der Waals surface area contributed by atoms with Crippen molar-refractivity contribution in [2.24, 2.45) is 5.73 Å². The second kappa shape index (κ2) is 5.97. The summed E-state index contributed by atoms with van der Waals surface area (Å²) in [6, 6.07) is 0.261. The normalized spacial score (nSPS) is 10.4. The Morgan fingerprint density at radius 2 is 2.17 bits per heavy atom. The number of amides is 1. The zero-order valence-electron chi connectivity index (χ0n) is 8.13. The standard InChI is InChI=1S/C8H19N3O/c1-7(2)11(3)8(12)6-10-5-4-9/h7,10H,4-6,9H2,1-3H3. The quantitative estimate of drug-likeness (QED) is 0.546. The summed E-state index contributed by atoms with van der Waals surface area (Å²) in [4.78, 5) is 13.0. The van der Waals surface area contributed by atoms with Gasteiger partial charge in [0.25, 0.3) is 0 Å². The van der Waals surface area contributed by atoms with Gasteiger partial charge in [0.15, 0.2) is 0 Å². The van der Waals surface area contributed by atoms with E-state index in [1.807, 2.05) is 13.8 Å². The lowest BCUT2D eigenvalue weighted by Gasteiger charge is -2.21. The Morgan fingerprint density at radius 3 is 2.58 bits per heavy atom. The summed E-state index contributed by atoms with van der Waals surface area (Å²) >= 11 is 0. The van der Waals surface area contributed by atoms with Crippen molar-refractivity contribution in [1.82, 2.24) is 10.2 Å². The maximum atomic E-state index is 11.3. The van der Waals surface area contributed by atoms with Crippen LogP contribution in [0.1, 0.15) is 13.8 Å². The maximum Gasteiger partial charge on any atom is 0.236 e. The van der Waals surface area contributed by atoms with Crippen LogP contribution in [0, 0.1) is 0 Å². The topological polar surface area (TPSA) is 58.4 Å². The van der Waals surface area contributed by atoms with Crippen LogP contribution in [0.5, 0.6) is 0 Å². The van der Waals surface area contributed by atoms with Gasteiger partial charge in [0, 0.05) is 26.2 Å². The average molecular weight is 173 g/mol. The molecule has 0 aliphatic rings. The molecule has 0 aliphatic carbocycles. The van der Waals surface area contributed by atoms with Crippen molar-refractivity contribution in [2.45, 2.75) is 19.9 Å². The Hall–Kier alpha value is -0.610. The molecule has 4 nitrogen and oxygen atoms in total. The van der Waals surface area contributed by atoms with Crippen LogP contribution in [0.25, 0.3) is 0 Å². The van der Waals surface area contributed by atoms with Crippen molar-refractivity contribution in [3.8, 4) is 0 Å². The molecule has 0 saturated carbocycles. The number of nitrogens with one attached hydrogen (secondary N) is 1. The lowest BCUT2D eigenvalue weighted by molar-refractivity contribution is -0.130. The Kier molecular flexibility index (Phi) is 5.66. The van der Waals surface area contributed by atoms with Crippen molar-refractivity contribution < 1.29 is 4.79 Å². The van der Waals surface area contributed by atoms with Crippen LogP contribution in [0.15, 0.2) is 0 Å². The van der Waals surface area contributed by atoms with Crippen LogP contribution in [0.2, 0.25) is 0 Å². The van der Waals surface area contributed by atoms with E-state index in [0.717, 1.165) is 0 Å². The Bertz CT molecular complexity index is 136. The van der Waals surface area contributed by atoms with E-state index in [4.69, 9.17) is 5.73 Å². The third-order valence-corrected chi connectivity index (χ3v) is 1.77. The van der Waals surface area contributed by atoms with Crippen LogP contribution in [0.4, 0.5) is 0 Å². The van der Waals surface area contributed by atoms with Gasteiger partial charge in [-0.2, -0.15) is 0 Å². The molecule has 0 atom stereocenters. The minimum absolute atomic E-state index is 0.110. The summed E-state index contributed by atoms with van der Waals surface area (Å²) in [5, 5.41) is 2.95. The first-order chi connectivity index (χ1) is 5.59. The van der Waals surface area contributed by atoms with Crippen LogP contribution >= 0.6 is 0 Å². The number of nitrogens with zero attached hydrogens (tertiary/aromatic N) is 1. The first-order valence-corrected chi connectivity index (χ1v) is 4.26. The molecule has 0 saturated heterocycles. The fourth-order valence-electron chi connectivity index (χ4n) is 0.710. The van der Waals surface area contributed by atoms with Gasteiger partial charge in [-0.1, -0.05) is 0 Å². The van der Waals surface area contributed by atoms with Gasteiger partial charge < -0.3 is 16.0 Å². The second-order valence-electron chi connectivity index (χ2n) is 3.06. The molecule has 0 aliphatic heterocycles. The zero-order valence-corrected chi connectivity index (χ0v) is 8.13. The first-order valence-electron chi connectivity index (χ1n) is 4.26. The maximum absolute atomic E-state index is 11.3. The average Bonchev–Trinajstić information content (AvgIpc) is 2.03. The smallest absolute Gasteiger partial charge is 0.236 e. The number of hydrogen-bond donors (Lipinski definition) is 2. The van der Waals surface area contributed by atoms with E-state index in [2.05, 4.69) is 5.32 Å². The van der Waals surface area contributed by atoms with Gasteiger partial charge in [-0.3, -0.25) is 4.79 Å². The summed E-state index contributed by atoms with van der Waals surface area (Å²) < 4.78 is 0. The van der Waals surface area contributed by atoms with Gasteiger partial charge in [-0.05, 0) is 13.8 Å². The van der Waals surface area contributed by atoms with Crippen molar-refractivity contribution in [3.05, 3.63) is 0 Å². The molecule has 12 heavy (non-hydrogen) atoms. The minimum Gasteiger partial charge on any atom is -0.342 e. The Morgan fingerprint density at radius 1 is 1.58 bits per heavy atom. The third kappa shape index (κ3) is 4.31. The van der Waals surface area contributed by atoms with E-state index < -0.39 is 0 Å². The summed E-state index contributed by atoms with van der Waals surface area (Å²) in [7, 11) is 1.80. The van der Waals surface area contributed by atoms with E-state index in [9.17, 15) is 4.79 Å². The summed E-state index contributed by atoms with van der Waals surface area (Å²) in [5.74, 6) is 0.110. The molecule has 3 N–H and O–H groups in total. The fraction of sp³-hybridized carbons (Fsp3) is 0.875. The third-order valence-electron chi connectivity index (χ3n) is 1.77. The van der Waals surface area contributed by atoms with E-state index in [0.29, 0.717) is 19.6 Å². The lowest BCUT2D eigenvalue weighted by atomic mass is 10.3. The molecule has 0 aromatic carbocycles. The van der Waals surface area contributed by atoms with Crippen LogP contribution in [0.3, 0.4) is 0 Å². The van der Waals surface area contributed by atoms with Crippen molar-refractivity contribution in [2.75, 3.05) is 26.7 Å². The highest BCUT2D eigenvalue weighted by molar-refractivity contribution is 5.78. The molecule has 0 heterocycles. The number of carbonyl (C=O) groups is 1. The second-order valence-corrected chi connectivity index (χ2v) is 3.06. The summed E-state index contributed by atoms with van der Waals surface area (Å²) in [6.45, 7) is 5.61. The summed E-state index contributed by atoms with van der Waals surface area (Å²) in [6.07, 6.45) is 0. The number of hydrogen-bond acceptors (Lipinski definition) is 3. The molecule has 0 aromatic rings. The number of carbonyl (C=O) groups excluding carboxylic acids is 1. The van der Waals surface area contributed by atoms with E-state index in [1.165, 1.54) is 0 Å². The SMILES string of the molecule is CC(C)N(C)C(=O)CNCCN. The van der Waals surface area contributed by atoms with Gasteiger partial charge >= 0.3 is 0 Å². The molecule has 0 aromatic heterocycles. The minimum atomic E-state index is 0.110. The number of rotatable bonds is 5. The predicted octanol–water partition coefficient (Wildman–Crippen LogP) is -0.598. The van der Waals surface area contributed by atoms with Crippen LogP contribution in [-0.4, -0.2) is 43.5 Å². The van der Waals surface area contributed by atoms with Crippen molar-refractivity contribution in [1.29, 1.82) is 0 Å². The summed E-state index contributed by atoms with van der Waals surface area (Å²) in [5.41, 5.74) is 5.26. The van der Waals surface area contributed by atoms with Crippen molar-refractivity contribution >= 4 is 5.91 Å². The Labute approximate surface area is 74.1 Å². The van der Waals surface area contributed by atoms with E-state index in [-0.39, 0.29) is 11.9 Å². The largest absolute Gasteiger partial charge is 0.342 e. The van der Waals surface area contributed by atoms with Gasteiger partial charge in [0.1, 0.15) is 0 Å². The van der Waals surface area contributed by atoms with Crippen molar-refractivity contribution in [3.63, 3.8) is 0 Å². The number of likely N-dealkylation sites (N-methyl/N-ethyl adjacent to an activating group) is 1. The van der Waals surface area contributed by atoms with Gasteiger partial charge in [-0.15, -0.1) is 0 Å². The molecule has 0 rings (SSSR count). The fourth-order valence-corrected chi connectivity index (χ4v) is 0.710. The predicted molar refractivity (Wildman–Crippen MR) is 49.8 cm³/mol. The molecule has 72 valence electrons. The molecule has 4 heteroatoms. The van der Waals surface area contributed by atoms with E-state index >= 15 is 0 Å². The molecule has 1 amide bonds. The molecule has 0 spiro atoms. The molecular weight excluding hydrogens is 154 g/mol. The van der Waals surface area contributed by atoms with Gasteiger partial charge in [0.2, 0.25) is 5.91 Å². The van der Waals surface area contributed by atoms with Gasteiger partial charge in [-0.25, -0.2) is 0 Å². The number of nitrogens with two attached hydrogens (primary N) is 1. The van der Waals surface area contributed by atoms with Crippen LogP contribution in [-0.2, 0) is 4.79 Å². The highest BCUT2D eigenvalue weighted by Crippen LogP contribution is 1.92. The molecule has 0 unspecified atom stereocenters. The van der Waals surface area contributed by atoms with Gasteiger partial charge in [0.05, 0.1) is 6.54 Å². The van der Waals surface area contributed by atoms with E-state index in [1.54, 1.807) is 11.9 Å². The van der Waals surface area contributed by atoms with Crippen LogP contribution < -0.4 is 11.1 Å². The molecule has 0 bridgehead atoms. The monoisotopic (exact) mass is 173 g/mol. The Balaban J connectivity index is 3.57. The molecule has 0 fully saturated rings. The highest BCUT2D eigenvalue weighted by Gasteiger charge is 2.09. The molecular formula is C8H19N3O.